The van der Waals surface area contributed by atoms with Crippen molar-refractivity contribution in [1.29, 1.82) is 0 Å². The van der Waals surface area contributed by atoms with E-state index in [2.05, 4.69) is 116 Å². The number of primary amides is 4. The van der Waals surface area contributed by atoms with Crippen LogP contribution < -0.4 is 22.9 Å². The molecule has 0 aromatic heterocycles. The summed E-state index contributed by atoms with van der Waals surface area (Å²) in [5.41, 5.74) is 37.2. The van der Waals surface area contributed by atoms with E-state index in [0.29, 0.717) is 0 Å². The van der Waals surface area contributed by atoms with Crippen LogP contribution in [0.3, 0.4) is 0 Å². The molecule has 0 radical (unpaired) electrons. The molecule has 0 heterocycles. The van der Waals surface area contributed by atoms with Crippen LogP contribution in [-0.4, -0.2) is 23.6 Å². The zero-order valence-corrected chi connectivity index (χ0v) is 39.3. The molecule has 4 aliphatic rings. The van der Waals surface area contributed by atoms with Crippen molar-refractivity contribution in [2.24, 2.45) is 34.8 Å². The number of benzene rings is 4. The predicted molar refractivity (Wildman–Crippen MR) is 255 cm³/mol. The maximum atomic E-state index is 11.9. The Labute approximate surface area is 380 Å². The van der Waals surface area contributed by atoms with Crippen molar-refractivity contribution in [2.75, 3.05) is 0 Å². The number of rotatable bonds is 15. The molecule has 4 aromatic rings. The fourth-order valence-corrected chi connectivity index (χ4v) is 11.7. The summed E-state index contributed by atoms with van der Waals surface area (Å²) in [4.78, 5) is 47.6. The quantitative estimate of drug-likeness (QED) is 0.0693. The molecule has 8 N–H and O–H groups in total. The molecule has 0 saturated heterocycles. The van der Waals surface area contributed by atoms with Crippen LogP contribution in [0.1, 0.15) is 160 Å². The van der Waals surface area contributed by atoms with E-state index in [1.54, 1.807) is 0 Å². The first kappa shape index (κ1) is 45.1. The fourth-order valence-electron chi connectivity index (χ4n) is 11.7. The van der Waals surface area contributed by atoms with Crippen LogP contribution in [0.2, 0.25) is 0 Å². The zero-order valence-electron chi connectivity index (χ0n) is 39.3. The van der Waals surface area contributed by atoms with Crippen LogP contribution in [-0.2, 0) is 64.5 Å². The largest absolute Gasteiger partial charge is 0.369 e. The lowest BCUT2D eigenvalue weighted by Crippen LogP contribution is -2.39. The second-order valence-corrected chi connectivity index (χ2v) is 22.0. The van der Waals surface area contributed by atoms with Crippen LogP contribution in [0.4, 0.5) is 0 Å². The summed E-state index contributed by atoms with van der Waals surface area (Å²) < 4.78 is 0. The Morgan fingerprint density at radius 2 is 0.906 bits per heavy atom. The Bertz CT molecular complexity index is 2570. The van der Waals surface area contributed by atoms with Gasteiger partial charge in [-0.15, -0.1) is 0 Å². The third-order valence-electron chi connectivity index (χ3n) is 16.6. The van der Waals surface area contributed by atoms with Gasteiger partial charge in [0, 0.05) is 21.7 Å². The summed E-state index contributed by atoms with van der Waals surface area (Å²) in [7, 11) is 0. The monoisotopic (exact) mass is 861 g/mol. The summed E-state index contributed by atoms with van der Waals surface area (Å²) in [5, 5.41) is 0. The molecule has 2 unspecified atom stereocenters. The van der Waals surface area contributed by atoms with E-state index in [0.717, 1.165) is 62.5 Å². The molecule has 8 heteroatoms. The third-order valence-corrected chi connectivity index (χ3v) is 16.6. The van der Waals surface area contributed by atoms with Crippen molar-refractivity contribution >= 4 is 23.6 Å². The summed E-state index contributed by atoms with van der Waals surface area (Å²) in [6, 6.07) is 26.9. The minimum atomic E-state index is -1.02. The van der Waals surface area contributed by atoms with Crippen molar-refractivity contribution in [3.63, 3.8) is 0 Å². The van der Waals surface area contributed by atoms with Gasteiger partial charge in [-0.1, -0.05) is 126 Å². The molecule has 2 fully saturated rings. The second kappa shape index (κ2) is 15.6. The Kier molecular flexibility index (Phi) is 11.0. The van der Waals surface area contributed by atoms with E-state index in [4.69, 9.17) is 22.9 Å². The van der Waals surface area contributed by atoms with Gasteiger partial charge in [-0.2, -0.15) is 0 Å². The number of carbonyl (C=O) groups excluding carboxylic acids is 4. The number of fused-ring (bicyclic) bond motifs is 2. The SMILES string of the molecule is Cc1cc2c(cc1C1(c3ccc(CC(C(N)=O)C(N)=O)cc3)CC1)C(C)(C)CCC2(C)CCC1(C)C=CC(C)(C)c2cc(C)c(C3(c4ccc(CC(C(N)=O)C(N)=O)cc4)CC3)cc21. The molecule has 0 spiro atoms. The van der Waals surface area contributed by atoms with Crippen molar-refractivity contribution in [2.45, 2.75) is 152 Å². The molecule has 4 aromatic carbocycles. The maximum Gasteiger partial charge on any atom is 0.230 e. The fraction of sp³-hybridized carbons (Fsp3) is 0.464. The van der Waals surface area contributed by atoms with E-state index in [1.807, 2.05) is 24.3 Å². The number of aryl methyl sites for hydroxylation is 2. The van der Waals surface area contributed by atoms with Crippen LogP contribution >= 0.6 is 0 Å². The highest BCUT2D eigenvalue weighted by atomic mass is 16.2. The molecule has 8 rings (SSSR count). The number of carbonyl (C=O) groups is 4. The summed E-state index contributed by atoms with van der Waals surface area (Å²) >= 11 is 0. The minimum Gasteiger partial charge on any atom is -0.369 e. The van der Waals surface area contributed by atoms with E-state index < -0.39 is 35.5 Å². The topological polar surface area (TPSA) is 172 Å². The molecule has 4 aliphatic carbocycles. The Morgan fingerprint density at radius 3 is 1.33 bits per heavy atom. The van der Waals surface area contributed by atoms with Crippen LogP contribution in [0, 0.1) is 25.7 Å². The van der Waals surface area contributed by atoms with Gasteiger partial charge in [-0.3, -0.25) is 19.2 Å². The highest BCUT2D eigenvalue weighted by molar-refractivity contribution is 5.99. The zero-order chi connectivity index (χ0) is 46.4. The van der Waals surface area contributed by atoms with E-state index >= 15 is 0 Å². The second-order valence-electron chi connectivity index (χ2n) is 22.0. The highest BCUT2D eigenvalue weighted by Crippen LogP contribution is 2.59. The molecule has 4 amide bonds. The first-order chi connectivity index (χ1) is 30.0. The lowest BCUT2D eigenvalue weighted by molar-refractivity contribution is -0.133. The Balaban J connectivity index is 1.08. The van der Waals surface area contributed by atoms with Gasteiger partial charge in [-0.05, 0) is 156 Å². The lowest BCUT2D eigenvalue weighted by atomic mass is 9.57. The predicted octanol–water partition coefficient (Wildman–Crippen LogP) is 8.64. The molecule has 64 heavy (non-hydrogen) atoms. The first-order valence-electron chi connectivity index (χ1n) is 23.3. The minimum absolute atomic E-state index is 0.00288. The maximum absolute atomic E-state index is 11.9. The van der Waals surface area contributed by atoms with Gasteiger partial charge in [0.05, 0.1) is 0 Å². The number of nitrogens with two attached hydrogens (primary N) is 4. The normalized spacial score (nSPS) is 23.0. The van der Waals surface area contributed by atoms with Gasteiger partial charge < -0.3 is 22.9 Å². The summed E-state index contributed by atoms with van der Waals surface area (Å²) in [5.74, 6) is -4.82. The average Bonchev–Trinajstić information content (AvgIpc) is 4.18. The molecule has 0 bridgehead atoms. The van der Waals surface area contributed by atoms with Gasteiger partial charge in [0.25, 0.3) is 0 Å². The van der Waals surface area contributed by atoms with E-state index in [9.17, 15) is 19.2 Å². The van der Waals surface area contributed by atoms with Gasteiger partial charge in [0.15, 0.2) is 0 Å². The number of hydrogen-bond acceptors (Lipinski definition) is 4. The lowest BCUT2D eigenvalue weighted by Gasteiger charge is -2.47. The molecule has 0 aliphatic heterocycles. The van der Waals surface area contributed by atoms with E-state index in [1.165, 1.54) is 55.6 Å². The van der Waals surface area contributed by atoms with Crippen LogP contribution in [0.25, 0.3) is 0 Å². The smallest absolute Gasteiger partial charge is 0.230 e. The molecule has 8 nitrogen and oxygen atoms in total. The number of amides is 4. The van der Waals surface area contributed by atoms with Gasteiger partial charge in [0.1, 0.15) is 11.8 Å². The standard InChI is InChI=1S/C56H68N4O4/c1-33-27-43-46(32-42(33)56(25-26-56)38-15-11-36(12-16-38)30-40(49(59)63)50(60)64)54(8,20-17-51(43,3)4)22-21-53(7)19-18-52(5,6)44-31-41(34(2)28-45(44)53)55(23-24-55)37-13-9-35(10-14-37)29-39(47(57)61)48(58)62/h9-17,20,27-28,31-32,39-40H,18-19,21-26,29-30H2,1-8H3,(H2,57,61)(H2,58,62)(H2,59,63)(H2,60,64). The van der Waals surface area contributed by atoms with Gasteiger partial charge >= 0.3 is 0 Å². The Hall–Kier alpha value is -5.50. The van der Waals surface area contributed by atoms with Crippen LogP contribution in [0.15, 0.2) is 84.9 Å². The number of allylic oxidation sites excluding steroid dienone is 2. The summed E-state index contributed by atoms with van der Waals surface area (Å²) in [6.07, 6.45) is 14.0. The molecular formula is C56H68N4O4. The Morgan fingerprint density at radius 1 is 0.484 bits per heavy atom. The van der Waals surface area contributed by atoms with Gasteiger partial charge in [-0.25, -0.2) is 0 Å². The van der Waals surface area contributed by atoms with Crippen molar-refractivity contribution in [1.82, 2.24) is 0 Å². The van der Waals surface area contributed by atoms with Crippen molar-refractivity contribution < 1.29 is 19.2 Å². The first-order valence-corrected chi connectivity index (χ1v) is 23.3. The average molecular weight is 861 g/mol. The van der Waals surface area contributed by atoms with Crippen LogP contribution in [0.5, 0.6) is 0 Å². The van der Waals surface area contributed by atoms with E-state index in [-0.39, 0.29) is 45.3 Å². The number of hydrogen-bond donors (Lipinski definition) is 4. The molecular weight excluding hydrogens is 793 g/mol. The summed E-state index contributed by atoms with van der Waals surface area (Å²) in [6.45, 7) is 19.0. The third kappa shape index (κ3) is 7.79. The molecule has 336 valence electrons. The highest BCUT2D eigenvalue weighted by Gasteiger charge is 2.51. The molecule has 2 atom stereocenters. The van der Waals surface area contributed by atoms with Crippen molar-refractivity contribution in [3.05, 3.63) is 152 Å². The van der Waals surface area contributed by atoms with Crippen molar-refractivity contribution in [3.8, 4) is 0 Å². The molecule has 2 saturated carbocycles. The van der Waals surface area contributed by atoms with Gasteiger partial charge in [0.2, 0.25) is 23.6 Å².